The van der Waals surface area contributed by atoms with Crippen LogP contribution in [-0.2, 0) is 24.2 Å². The molecule has 0 spiro atoms. The van der Waals surface area contributed by atoms with Gasteiger partial charge in [0.05, 0.1) is 24.2 Å². The SMILES string of the molecule is C[C@@H](C(=O)O)[C@H](C)n1c(=O)[nH]/c(=N\c2ccc3[nH]c4c(c3c2)CCCC4)n(Cc2ccc(Cl)cc2)c1=O. The van der Waals surface area contributed by atoms with Crippen molar-refractivity contribution in [2.24, 2.45) is 10.9 Å². The molecule has 10 heteroatoms. The fourth-order valence-electron chi connectivity index (χ4n) is 4.91. The van der Waals surface area contributed by atoms with E-state index >= 15 is 0 Å². The van der Waals surface area contributed by atoms with Gasteiger partial charge in [-0.3, -0.25) is 14.3 Å². The highest BCUT2D eigenvalue weighted by atomic mass is 35.5. The fourth-order valence-corrected chi connectivity index (χ4v) is 5.03. The molecule has 0 saturated heterocycles. The number of carboxylic acids is 1. The summed E-state index contributed by atoms with van der Waals surface area (Å²) < 4.78 is 2.30. The molecule has 2 aromatic carbocycles. The minimum Gasteiger partial charge on any atom is -0.481 e. The van der Waals surface area contributed by atoms with E-state index in [1.165, 1.54) is 22.7 Å². The molecule has 2 atom stereocenters. The lowest BCUT2D eigenvalue weighted by Crippen LogP contribution is -2.52. The smallest absolute Gasteiger partial charge is 0.335 e. The molecule has 1 aliphatic carbocycles. The standard InChI is InChI=1S/C27H28ClN5O4/c1-15(24(34)35)16(2)33-26(36)31-25(32(27(33)37)14-17-7-9-18(28)10-8-17)29-19-11-12-23-21(13-19)20-5-3-4-6-22(20)30-23/h7-13,15-16,30H,3-6,14H2,1-2H3,(H,34,35)(H,29,31,36)/t15-,16+/m1/s1. The monoisotopic (exact) mass is 521 g/mol. The zero-order valence-electron chi connectivity index (χ0n) is 20.6. The molecule has 37 heavy (non-hydrogen) atoms. The third-order valence-electron chi connectivity index (χ3n) is 7.22. The highest BCUT2D eigenvalue weighted by Crippen LogP contribution is 2.31. The second-order valence-electron chi connectivity index (χ2n) is 9.62. The van der Waals surface area contributed by atoms with Crippen LogP contribution in [0.3, 0.4) is 0 Å². The van der Waals surface area contributed by atoms with Crippen molar-refractivity contribution in [3.8, 4) is 0 Å². The van der Waals surface area contributed by atoms with Crippen LogP contribution < -0.4 is 17.0 Å². The van der Waals surface area contributed by atoms with Gasteiger partial charge in [0.25, 0.3) is 0 Å². The first-order valence-electron chi connectivity index (χ1n) is 12.3. The zero-order chi connectivity index (χ0) is 26.3. The molecule has 0 radical (unpaired) electrons. The molecule has 1 aliphatic rings. The summed E-state index contributed by atoms with van der Waals surface area (Å²) >= 11 is 6.03. The van der Waals surface area contributed by atoms with E-state index < -0.39 is 29.3 Å². The maximum Gasteiger partial charge on any atom is 0.335 e. The maximum atomic E-state index is 13.6. The molecule has 0 unspecified atom stereocenters. The van der Waals surface area contributed by atoms with Gasteiger partial charge in [0.2, 0.25) is 5.62 Å². The molecule has 2 heterocycles. The van der Waals surface area contributed by atoms with Crippen molar-refractivity contribution in [2.75, 3.05) is 0 Å². The van der Waals surface area contributed by atoms with Crippen LogP contribution >= 0.6 is 11.6 Å². The summed E-state index contributed by atoms with van der Waals surface area (Å²) in [4.78, 5) is 49.1. The number of hydrogen-bond acceptors (Lipinski definition) is 4. The lowest BCUT2D eigenvalue weighted by atomic mass is 9.95. The van der Waals surface area contributed by atoms with E-state index in [0.29, 0.717) is 10.7 Å². The number of aromatic amines is 2. The topological polar surface area (TPSA) is 125 Å². The number of aromatic nitrogens is 4. The summed E-state index contributed by atoms with van der Waals surface area (Å²) in [5, 5.41) is 11.1. The first-order chi connectivity index (χ1) is 17.7. The molecule has 2 aromatic heterocycles. The summed E-state index contributed by atoms with van der Waals surface area (Å²) in [6.45, 7) is 3.12. The average Bonchev–Trinajstić information content (AvgIpc) is 3.25. The molecule has 0 bridgehead atoms. The highest BCUT2D eigenvalue weighted by Gasteiger charge is 2.25. The van der Waals surface area contributed by atoms with Crippen LogP contribution in [0.2, 0.25) is 5.02 Å². The number of benzene rings is 2. The predicted octanol–water partition coefficient (Wildman–Crippen LogP) is 3.91. The number of halogens is 1. The van der Waals surface area contributed by atoms with Gasteiger partial charge < -0.3 is 10.1 Å². The van der Waals surface area contributed by atoms with Crippen LogP contribution in [-0.4, -0.2) is 30.2 Å². The van der Waals surface area contributed by atoms with E-state index in [9.17, 15) is 19.5 Å². The van der Waals surface area contributed by atoms with Gasteiger partial charge in [-0.05, 0) is 81.0 Å². The van der Waals surface area contributed by atoms with Crippen molar-refractivity contribution >= 4 is 34.2 Å². The number of nitrogens with one attached hydrogen (secondary N) is 2. The summed E-state index contributed by atoms with van der Waals surface area (Å²) in [6.07, 6.45) is 4.33. The third kappa shape index (κ3) is 4.79. The van der Waals surface area contributed by atoms with Gasteiger partial charge in [-0.25, -0.2) is 19.1 Å². The van der Waals surface area contributed by atoms with Crippen LogP contribution in [0.15, 0.2) is 57.0 Å². The Hall–Kier alpha value is -3.85. The minimum atomic E-state index is -1.10. The van der Waals surface area contributed by atoms with Gasteiger partial charge in [-0.15, -0.1) is 0 Å². The number of carbonyl (C=O) groups is 1. The van der Waals surface area contributed by atoms with Crippen molar-refractivity contribution in [2.45, 2.75) is 52.1 Å². The van der Waals surface area contributed by atoms with Crippen molar-refractivity contribution in [3.05, 3.63) is 90.9 Å². The summed E-state index contributed by atoms with van der Waals surface area (Å²) in [5.41, 5.74) is 3.71. The van der Waals surface area contributed by atoms with E-state index in [0.717, 1.165) is 46.7 Å². The summed E-state index contributed by atoms with van der Waals surface area (Å²) in [7, 11) is 0. The number of aliphatic carboxylic acids is 1. The zero-order valence-corrected chi connectivity index (χ0v) is 21.4. The predicted molar refractivity (Wildman–Crippen MR) is 142 cm³/mol. The van der Waals surface area contributed by atoms with Crippen LogP contribution in [0.4, 0.5) is 5.69 Å². The van der Waals surface area contributed by atoms with Crippen molar-refractivity contribution in [3.63, 3.8) is 0 Å². The van der Waals surface area contributed by atoms with Crippen LogP contribution in [0, 0.1) is 5.92 Å². The Bertz CT molecular complexity index is 1680. The molecule has 4 aromatic rings. The van der Waals surface area contributed by atoms with Gasteiger partial charge in [0.15, 0.2) is 0 Å². The van der Waals surface area contributed by atoms with Crippen molar-refractivity contribution < 1.29 is 9.90 Å². The first kappa shape index (κ1) is 24.8. The van der Waals surface area contributed by atoms with E-state index in [2.05, 4.69) is 15.0 Å². The second-order valence-corrected chi connectivity index (χ2v) is 10.1. The molecule has 0 saturated carbocycles. The average molecular weight is 522 g/mol. The fraction of sp³-hybridized carbons (Fsp3) is 0.333. The van der Waals surface area contributed by atoms with E-state index in [1.54, 1.807) is 31.2 Å². The number of rotatable bonds is 6. The van der Waals surface area contributed by atoms with Crippen LogP contribution in [0.5, 0.6) is 0 Å². The number of aryl methyl sites for hydroxylation is 2. The van der Waals surface area contributed by atoms with E-state index in [4.69, 9.17) is 11.6 Å². The lowest BCUT2D eigenvalue weighted by Gasteiger charge is -2.19. The van der Waals surface area contributed by atoms with Gasteiger partial charge >= 0.3 is 17.3 Å². The molecule has 0 aliphatic heterocycles. The largest absolute Gasteiger partial charge is 0.481 e. The Labute approximate surface area is 217 Å². The molecular formula is C27H28ClN5O4. The first-order valence-corrected chi connectivity index (χ1v) is 12.7. The molecule has 5 rings (SSSR count). The Morgan fingerprint density at radius 1 is 1.08 bits per heavy atom. The van der Waals surface area contributed by atoms with E-state index in [1.807, 2.05) is 18.2 Å². The van der Waals surface area contributed by atoms with E-state index in [-0.39, 0.29) is 12.2 Å². The van der Waals surface area contributed by atoms with Gasteiger partial charge in [0.1, 0.15) is 0 Å². The van der Waals surface area contributed by atoms with Crippen LogP contribution in [0.1, 0.15) is 49.6 Å². The number of H-pyrrole nitrogens is 2. The summed E-state index contributed by atoms with van der Waals surface area (Å²) in [6, 6.07) is 11.9. The molecule has 0 fully saturated rings. The highest BCUT2D eigenvalue weighted by molar-refractivity contribution is 6.30. The molecule has 192 valence electrons. The Balaban J connectivity index is 1.69. The molecule has 3 N–H and O–H groups in total. The Kier molecular flexibility index (Phi) is 6.64. The second kappa shape index (κ2) is 9.89. The van der Waals surface area contributed by atoms with Gasteiger partial charge in [-0.2, -0.15) is 0 Å². The number of carboxylic acid groups (broad SMARTS) is 1. The van der Waals surface area contributed by atoms with Gasteiger partial charge in [-0.1, -0.05) is 23.7 Å². The van der Waals surface area contributed by atoms with Crippen molar-refractivity contribution in [1.82, 2.24) is 19.1 Å². The van der Waals surface area contributed by atoms with Gasteiger partial charge in [0, 0.05) is 21.6 Å². The van der Waals surface area contributed by atoms with Crippen molar-refractivity contribution in [1.29, 1.82) is 0 Å². The number of fused-ring (bicyclic) bond motifs is 3. The molecular weight excluding hydrogens is 494 g/mol. The lowest BCUT2D eigenvalue weighted by molar-refractivity contribution is -0.142. The third-order valence-corrected chi connectivity index (χ3v) is 7.47. The minimum absolute atomic E-state index is 0.0835. The number of nitrogens with zero attached hydrogens (tertiary/aromatic N) is 3. The Morgan fingerprint density at radius 3 is 2.54 bits per heavy atom. The molecule has 9 nitrogen and oxygen atoms in total. The normalized spacial score (nSPS) is 15.5. The number of hydrogen-bond donors (Lipinski definition) is 3. The quantitative estimate of drug-likeness (QED) is 0.355. The molecule has 0 amide bonds. The maximum absolute atomic E-state index is 13.6. The summed E-state index contributed by atoms with van der Waals surface area (Å²) in [5.74, 6) is -2.05. The Morgan fingerprint density at radius 2 is 1.81 bits per heavy atom. The van der Waals surface area contributed by atoms with Crippen LogP contribution in [0.25, 0.3) is 10.9 Å².